The number of methoxy groups -OCH3 is 1. The molecule has 0 saturated heterocycles. The highest BCUT2D eigenvalue weighted by Crippen LogP contribution is 2.16. The van der Waals surface area contributed by atoms with Crippen LogP contribution in [-0.2, 0) is 11.2 Å². The zero-order chi connectivity index (χ0) is 20.5. The number of carbonyl (C=O) groups is 2. The standard InChI is InChI=1S/C19H18N6O3S/c1-28-15-9-7-13(8-10-15)12-20-23-16(26)11-17-24-25-19(29-17)22-18(27)21-14-5-3-2-4-6-14/h2-10,12H,11H2,1H3,(H,23,26)(H2,21,22,25,27)/b20-12+. The van der Waals surface area contributed by atoms with E-state index in [0.29, 0.717) is 15.8 Å². The third-order valence-electron chi connectivity index (χ3n) is 3.55. The second-order valence-electron chi connectivity index (χ2n) is 5.69. The van der Waals surface area contributed by atoms with Gasteiger partial charge in [-0.1, -0.05) is 29.5 Å². The number of urea groups is 1. The van der Waals surface area contributed by atoms with Gasteiger partial charge in [0.05, 0.1) is 19.7 Å². The first kappa shape index (κ1) is 20.0. The lowest BCUT2D eigenvalue weighted by Gasteiger charge is -2.03. The molecule has 0 aliphatic rings. The van der Waals surface area contributed by atoms with E-state index in [0.717, 1.165) is 22.6 Å². The van der Waals surface area contributed by atoms with Gasteiger partial charge in [-0.15, -0.1) is 10.2 Å². The summed E-state index contributed by atoms with van der Waals surface area (Å²) in [7, 11) is 1.59. The van der Waals surface area contributed by atoms with Crippen LogP contribution >= 0.6 is 11.3 Å². The Hall–Kier alpha value is -3.79. The van der Waals surface area contributed by atoms with Crippen molar-refractivity contribution >= 4 is 40.3 Å². The summed E-state index contributed by atoms with van der Waals surface area (Å²) < 4.78 is 5.08. The van der Waals surface area contributed by atoms with Gasteiger partial charge in [-0.3, -0.25) is 10.1 Å². The first-order valence-corrected chi connectivity index (χ1v) is 9.35. The molecule has 0 fully saturated rings. The first-order chi connectivity index (χ1) is 14.1. The minimum atomic E-state index is -0.438. The van der Waals surface area contributed by atoms with Crippen molar-refractivity contribution in [2.75, 3.05) is 17.7 Å². The van der Waals surface area contributed by atoms with Crippen LogP contribution in [0.5, 0.6) is 5.75 Å². The molecule has 1 aromatic heterocycles. The molecule has 0 saturated carbocycles. The van der Waals surface area contributed by atoms with Crippen LogP contribution in [0, 0.1) is 0 Å². The number of benzene rings is 2. The van der Waals surface area contributed by atoms with Crippen LogP contribution in [0.25, 0.3) is 0 Å². The van der Waals surface area contributed by atoms with Crippen LogP contribution in [0.3, 0.4) is 0 Å². The zero-order valence-electron chi connectivity index (χ0n) is 15.5. The zero-order valence-corrected chi connectivity index (χ0v) is 16.3. The van der Waals surface area contributed by atoms with Gasteiger partial charge >= 0.3 is 6.03 Å². The molecule has 1 heterocycles. The summed E-state index contributed by atoms with van der Waals surface area (Å²) in [6.45, 7) is 0. The molecule has 0 spiro atoms. The fourth-order valence-electron chi connectivity index (χ4n) is 2.20. The molecule has 0 aliphatic heterocycles. The summed E-state index contributed by atoms with van der Waals surface area (Å²) in [5, 5.41) is 17.7. The Balaban J connectivity index is 1.45. The second kappa shape index (κ2) is 9.95. The maximum Gasteiger partial charge on any atom is 0.325 e. The van der Waals surface area contributed by atoms with Crippen LogP contribution in [0.15, 0.2) is 59.7 Å². The summed E-state index contributed by atoms with van der Waals surface area (Å²) >= 11 is 1.11. The molecule has 3 rings (SSSR count). The highest BCUT2D eigenvalue weighted by Gasteiger charge is 2.11. The molecule has 0 aliphatic carbocycles. The molecule has 29 heavy (non-hydrogen) atoms. The lowest BCUT2D eigenvalue weighted by molar-refractivity contribution is -0.120. The summed E-state index contributed by atoms with van der Waals surface area (Å²) in [4.78, 5) is 23.9. The summed E-state index contributed by atoms with van der Waals surface area (Å²) in [6.07, 6.45) is 1.53. The fourth-order valence-corrected chi connectivity index (χ4v) is 2.94. The Kier molecular flexibility index (Phi) is 6.85. The number of nitrogens with zero attached hydrogens (tertiary/aromatic N) is 3. The monoisotopic (exact) mass is 410 g/mol. The lowest BCUT2D eigenvalue weighted by Crippen LogP contribution is -2.19. The molecule has 2 aromatic carbocycles. The summed E-state index contributed by atoms with van der Waals surface area (Å²) in [6, 6.07) is 15.8. The van der Waals surface area contributed by atoms with E-state index in [1.807, 2.05) is 30.3 Å². The number of rotatable bonds is 7. The Morgan fingerprint density at radius 2 is 1.83 bits per heavy atom. The number of hydrogen-bond donors (Lipinski definition) is 3. The van der Waals surface area contributed by atoms with E-state index in [-0.39, 0.29) is 12.3 Å². The molecule has 3 aromatic rings. The number of para-hydroxylation sites is 1. The van der Waals surface area contributed by atoms with Crippen LogP contribution in [0.2, 0.25) is 0 Å². The van der Waals surface area contributed by atoms with Gasteiger partial charge in [-0.2, -0.15) is 5.10 Å². The Bertz CT molecular complexity index is 989. The topological polar surface area (TPSA) is 118 Å². The summed E-state index contributed by atoms with van der Waals surface area (Å²) in [5.74, 6) is 0.399. The Labute approximate surface area is 170 Å². The second-order valence-corrected chi connectivity index (χ2v) is 6.75. The van der Waals surface area contributed by atoms with E-state index in [9.17, 15) is 9.59 Å². The van der Waals surface area contributed by atoms with Crippen LogP contribution in [-0.4, -0.2) is 35.5 Å². The molecule has 10 heteroatoms. The largest absolute Gasteiger partial charge is 0.497 e. The van der Waals surface area contributed by atoms with Crippen LogP contribution < -0.4 is 20.8 Å². The minimum Gasteiger partial charge on any atom is -0.497 e. The van der Waals surface area contributed by atoms with Crippen molar-refractivity contribution in [2.45, 2.75) is 6.42 Å². The highest BCUT2D eigenvalue weighted by molar-refractivity contribution is 7.15. The third kappa shape index (κ3) is 6.40. The van der Waals surface area contributed by atoms with Gasteiger partial charge in [0.1, 0.15) is 10.8 Å². The van der Waals surface area contributed by atoms with Gasteiger partial charge < -0.3 is 10.1 Å². The predicted molar refractivity (Wildman–Crippen MR) is 111 cm³/mol. The maximum atomic E-state index is 12.0. The smallest absolute Gasteiger partial charge is 0.325 e. The molecule has 3 amide bonds. The Morgan fingerprint density at radius 1 is 1.07 bits per heavy atom. The number of hydrazone groups is 1. The van der Waals surface area contributed by atoms with E-state index >= 15 is 0 Å². The molecular formula is C19H18N6O3S. The highest BCUT2D eigenvalue weighted by atomic mass is 32.1. The van der Waals surface area contributed by atoms with Crippen molar-refractivity contribution in [3.05, 3.63) is 65.2 Å². The predicted octanol–water partition coefficient (Wildman–Crippen LogP) is 2.88. The van der Waals surface area contributed by atoms with E-state index in [1.54, 1.807) is 31.4 Å². The van der Waals surface area contributed by atoms with Gasteiger partial charge in [-0.25, -0.2) is 10.2 Å². The molecule has 0 radical (unpaired) electrons. The lowest BCUT2D eigenvalue weighted by atomic mass is 10.2. The number of amides is 3. The number of carbonyl (C=O) groups excluding carboxylic acids is 2. The van der Waals surface area contributed by atoms with Gasteiger partial charge in [0.2, 0.25) is 11.0 Å². The number of ether oxygens (including phenoxy) is 1. The van der Waals surface area contributed by atoms with Gasteiger partial charge in [0, 0.05) is 5.69 Å². The van der Waals surface area contributed by atoms with Crippen molar-refractivity contribution < 1.29 is 14.3 Å². The molecule has 0 atom stereocenters. The molecule has 9 nitrogen and oxygen atoms in total. The molecule has 0 bridgehead atoms. The number of nitrogens with one attached hydrogen (secondary N) is 3. The van der Waals surface area contributed by atoms with E-state index in [2.05, 4.69) is 31.4 Å². The van der Waals surface area contributed by atoms with Gasteiger partial charge in [-0.05, 0) is 42.0 Å². The Morgan fingerprint density at radius 3 is 2.55 bits per heavy atom. The maximum absolute atomic E-state index is 12.0. The van der Waals surface area contributed by atoms with Gasteiger partial charge in [0.15, 0.2) is 0 Å². The SMILES string of the molecule is COc1ccc(/C=N/NC(=O)Cc2nnc(NC(=O)Nc3ccccc3)s2)cc1. The average molecular weight is 410 g/mol. The average Bonchev–Trinajstić information content (AvgIpc) is 3.15. The van der Waals surface area contributed by atoms with E-state index in [4.69, 9.17) is 4.74 Å². The summed E-state index contributed by atoms with van der Waals surface area (Å²) in [5.41, 5.74) is 3.90. The normalized spacial score (nSPS) is 10.5. The number of aromatic nitrogens is 2. The molecule has 148 valence electrons. The third-order valence-corrected chi connectivity index (χ3v) is 4.39. The molecule has 0 unspecified atom stereocenters. The van der Waals surface area contributed by atoms with E-state index < -0.39 is 6.03 Å². The number of anilines is 2. The number of hydrogen-bond acceptors (Lipinski definition) is 7. The van der Waals surface area contributed by atoms with Crippen LogP contribution in [0.4, 0.5) is 15.6 Å². The van der Waals surface area contributed by atoms with Crippen molar-refractivity contribution in [2.24, 2.45) is 5.10 Å². The molecule has 3 N–H and O–H groups in total. The van der Waals surface area contributed by atoms with Crippen molar-refractivity contribution in [1.29, 1.82) is 0 Å². The minimum absolute atomic E-state index is 0.000393. The van der Waals surface area contributed by atoms with Crippen LogP contribution in [0.1, 0.15) is 10.6 Å². The van der Waals surface area contributed by atoms with Crippen molar-refractivity contribution in [3.8, 4) is 5.75 Å². The quantitative estimate of drug-likeness (QED) is 0.409. The fraction of sp³-hybridized carbons (Fsp3) is 0.105. The molecular weight excluding hydrogens is 392 g/mol. The first-order valence-electron chi connectivity index (χ1n) is 8.54. The van der Waals surface area contributed by atoms with Gasteiger partial charge in [0.25, 0.3) is 0 Å². The van der Waals surface area contributed by atoms with Crippen molar-refractivity contribution in [1.82, 2.24) is 15.6 Å². The van der Waals surface area contributed by atoms with E-state index in [1.165, 1.54) is 6.21 Å². The van der Waals surface area contributed by atoms with Crippen molar-refractivity contribution in [3.63, 3.8) is 0 Å².